The summed E-state index contributed by atoms with van der Waals surface area (Å²) in [4.78, 5) is 6.80. The maximum absolute atomic E-state index is 12.7. The van der Waals surface area contributed by atoms with Crippen LogP contribution in [0.1, 0.15) is 45.9 Å². The van der Waals surface area contributed by atoms with E-state index in [1.807, 2.05) is 6.92 Å². The van der Waals surface area contributed by atoms with Crippen molar-refractivity contribution in [2.24, 2.45) is 11.8 Å². The fourth-order valence-corrected chi connectivity index (χ4v) is 1.88. The van der Waals surface area contributed by atoms with Crippen LogP contribution in [0, 0.1) is 5.92 Å². The average Bonchev–Trinajstić information content (AvgIpc) is 2.36. The highest BCUT2D eigenvalue weighted by Crippen LogP contribution is 2.28. The van der Waals surface area contributed by atoms with Crippen LogP contribution in [0.5, 0.6) is 0 Å². The number of hydrogen-bond donors (Lipinski definition) is 3. The van der Waals surface area contributed by atoms with E-state index in [0.717, 1.165) is 19.3 Å². The van der Waals surface area contributed by atoms with E-state index < -0.39 is 12.0 Å². The Morgan fingerprint density at radius 1 is 1.14 bits per heavy atom. The van der Waals surface area contributed by atoms with Gasteiger partial charge in [-0.05, 0) is 19.3 Å². The van der Waals surface area contributed by atoms with E-state index >= 15 is 0 Å². The summed E-state index contributed by atoms with van der Waals surface area (Å²) < 4.78 is 38.1. The lowest BCUT2D eigenvalue weighted by Gasteiger charge is -2.17. The minimum atomic E-state index is -4.61. The normalized spacial score (nSPS) is 13.3. The smallest absolute Gasteiger partial charge is 0.367 e. The van der Waals surface area contributed by atoms with E-state index in [2.05, 4.69) is 34.6 Å². The molecule has 0 aliphatic carbocycles. The first-order valence-corrected chi connectivity index (χ1v) is 6.91. The number of hydrazine groups is 1. The third kappa shape index (κ3) is 6.16. The molecule has 0 fully saturated rings. The van der Waals surface area contributed by atoms with Gasteiger partial charge in [-0.1, -0.05) is 26.7 Å². The number of nitrogen functional groups attached to an aromatic ring is 1. The Bertz CT molecular complexity index is 448. The molecule has 0 aliphatic rings. The first-order valence-electron chi connectivity index (χ1n) is 6.91. The van der Waals surface area contributed by atoms with Crippen LogP contribution in [-0.4, -0.2) is 16.0 Å². The predicted molar refractivity (Wildman–Crippen MR) is 76.6 cm³/mol. The second kappa shape index (κ2) is 7.44. The highest BCUT2D eigenvalue weighted by molar-refractivity contribution is 5.47. The summed E-state index contributed by atoms with van der Waals surface area (Å²) in [6, 6.07) is 1.37. The van der Waals surface area contributed by atoms with Crippen LogP contribution in [0.2, 0.25) is 0 Å². The molecule has 0 amide bonds. The van der Waals surface area contributed by atoms with Crippen molar-refractivity contribution >= 4 is 11.6 Å². The third-order valence-electron chi connectivity index (χ3n) is 2.94. The van der Waals surface area contributed by atoms with Gasteiger partial charge in [0, 0.05) is 12.1 Å². The molecule has 0 aromatic carbocycles. The number of nitrogens with zero attached hydrogens (tertiary/aromatic N) is 2. The standard InChI is InChI=1S/C13H22F3N5/c1-8(2)5-4-6-9(3)18-10-7-11(21-17)20-12(19-10)13(14,15)16/h7-9H,4-6,17H2,1-3H3,(H2,18,19,20,21). The molecule has 0 saturated carbocycles. The fourth-order valence-electron chi connectivity index (χ4n) is 1.88. The molecule has 5 nitrogen and oxygen atoms in total. The summed E-state index contributed by atoms with van der Waals surface area (Å²) in [7, 11) is 0. The number of nitrogens with one attached hydrogen (secondary N) is 2. The Morgan fingerprint density at radius 2 is 1.76 bits per heavy atom. The largest absolute Gasteiger partial charge is 0.451 e. The molecule has 1 unspecified atom stereocenters. The highest BCUT2D eigenvalue weighted by Gasteiger charge is 2.35. The molecule has 21 heavy (non-hydrogen) atoms. The topological polar surface area (TPSA) is 75.9 Å². The van der Waals surface area contributed by atoms with Gasteiger partial charge in [0.15, 0.2) is 0 Å². The Labute approximate surface area is 122 Å². The van der Waals surface area contributed by atoms with Crippen LogP contribution in [0.3, 0.4) is 0 Å². The van der Waals surface area contributed by atoms with Crippen molar-refractivity contribution in [1.29, 1.82) is 0 Å². The SMILES string of the molecule is CC(C)CCCC(C)Nc1cc(NN)nc(C(F)(F)F)n1. The lowest BCUT2D eigenvalue weighted by atomic mass is 10.0. The van der Waals surface area contributed by atoms with Crippen LogP contribution in [0.25, 0.3) is 0 Å². The monoisotopic (exact) mass is 305 g/mol. The maximum Gasteiger partial charge on any atom is 0.451 e. The summed E-state index contributed by atoms with van der Waals surface area (Å²) in [5.41, 5.74) is 2.12. The van der Waals surface area contributed by atoms with Crippen molar-refractivity contribution in [3.05, 3.63) is 11.9 Å². The minimum Gasteiger partial charge on any atom is -0.367 e. The second-order valence-electron chi connectivity index (χ2n) is 5.47. The van der Waals surface area contributed by atoms with Crippen molar-refractivity contribution in [3.8, 4) is 0 Å². The first-order chi connectivity index (χ1) is 9.72. The summed E-state index contributed by atoms with van der Waals surface area (Å²) in [5, 5.41) is 2.96. The van der Waals surface area contributed by atoms with Gasteiger partial charge in [-0.25, -0.2) is 15.8 Å². The molecule has 4 N–H and O–H groups in total. The van der Waals surface area contributed by atoms with Crippen molar-refractivity contribution in [2.75, 3.05) is 10.7 Å². The number of anilines is 2. The molecule has 1 heterocycles. The summed E-state index contributed by atoms with van der Waals surface area (Å²) in [6.45, 7) is 6.18. The summed E-state index contributed by atoms with van der Waals surface area (Å²) >= 11 is 0. The van der Waals surface area contributed by atoms with Crippen LogP contribution in [0.4, 0.5) is 24.8 Å². The molecule has 0 spiro atoms. The van der Waals surface area contributed by atoms with Gasteiger partial charge < -0.3 is 10.7 Å². The zero-order valence-electron chi connectivity index (χ0n) is 12.5. The highest BCUT2D eigenvalue weighted by atomic mass is 19.4. The molecule has 1 aromatic heterocycles. The molecule has 0 radical (unpaired) electrons. The number of hydrogen-bond acceptors (Lipinski definition) is 5. The quantitative estimate of drug-likeness (QED) is 0.531. The Hall–Kier alpha value is -1.57. The molecule has 0 bridgehead atoms. The average molecular weight is 305 g/mol. The van der Waals surface area contributed by atoms with E-state index in [4.69, 9.17) is 5.84 Å². The Balaban J connectivity index is 2.73. The molecular weight excluding hydrogens is 283 g/mol. The van der Waals surface area contributed by atoms with Gasteiger partial charge in [-0.15, -0.1) is 0 Å². The van der Waals surface area contributed by atoms with Crippen LogP contribution in [0.15, 0.2) is 6.07 Å². The van der Waals surface area contributed by atoms with Crippen LogP contribution >= 0.6 is 0 Å². The number of halogens is 3. The van der Waals surface area contributed by atoms with Gasteiger partial charge >= 0.3 is 6.18 Å². The third-order valence-corrected chi connectivity index (χ3v) is 2.94. The summed E-state index contributed by atoms with van der Waals surface area (Å²) in [5.74, 6) is 4.58. The lowest BCUT2D eigenvalue weighted by Crippen LogP contribution is -2.20. The molecule has 120 valence electrons. The van der Waals surface area contributed by atoms with Crippen LogP contribution in [-0.2, 0) is 6.18 Å². The van der Waals surface area contributed by atoms with E-state index in [1.165, 1.54) is 6.07 Å². The van der Waals surface area contributed by atoms with Crippen molar-refractivity contribution in [1.82, 2.24) is 9.97 Å². The van der Waals surface area contributed by atoms with Gasteiger partial charge in [-0.3, -0.25) is 0 Å². The zero-order chi connectivity index (χ0) is 16.0. The molecule has 0 saturated heterocycles. The van der Waals surface area contributed by atoms with Gasteiger partial charge in [0.2, 0.25) is 5.82 Å². The Kier molecular flexibility index (Phi) is 6.19. The predicted octanol–water partition coefficient (Wildman–Crippen LogP) is 3.41. The van der Waals surface area contributed by atoms with Gasteiger partial charge in [0.05, 0.1) is 0 Å². The number of alkyl halides is 3. The molecular formula is C13H22F3N5. The zero-order valence-corrected chi connectivity index (χ0v) is 12.5. The first kappa shape index (κ1) is 17.5. The van der Waals surface area contributed by atoms with E-state index in [1.54, 1.807) is 0 Å². The van der Waals surface area contributed by atoms with E-state index in [9.17, 15) is 13.2 Å². The molecule has 1 atom stereocenters. The number of rotatable bonds is 7. The Morgan fingerprint density at radius 3 is 2.29 bits per heavy atom. The molecule has 8 heteroatoms. The fraction of sp³-hybridized carbons (Fsp3) is 0.692. The molecule has 1 aromatic rings. The van der Waals surface area contributed by atoms with Crippen LogP contribution < -0.4 is 16.6 Å². The van der Waals surface area contributed by atoms with Gasteiger partial charge in [0.1, 0.15) is 11.6 Å². The van der Waals surface area contributed by atoms with Gasteiger partial charge in [0.25, 0.3) is 0 Å². The maximum atomic E-state index is 12.7. The summed E-state index contributed by atoms with van der Waals surface area (Å²) in [6.07, 6.45) is -1.66. The number of aromatic nitrogens is 2. The molecule has 0 aliphatic heterocycles. The molecule has 1 rings (SSSR count). The van der Waals surface area contributed by atoms with Gasteiger partial charge in [-0.2, -0.15) is 13.2 Å². The van der Waals surface area contributed by atoms with E-state index in [-0.39, 0.29) is 17.7 Å². The van der Waals surface area contributed by atoms with Crippen molar-refractivity contribution in [3.63, 3.8) is 0 Å². The van der Waals surface area contributed by atoms with Crippen molar-refractivity contribution < 1.29 is 13.2 Å². The van der Waals surface area contributed by atoms with E-state index in [0.29, 0.717) is 5.92 Å². The minimum absolute atomic E-state index is 0.0189. The second-order valence-corrected chi connectivity index (χ2v) is 5.47. The number of nitrogens with two attached hydrogens (primary N) is 1. The van der Waals surface area contributed by atoms with Crippen molar-refractivity contribution in [2.45, 2.75) is 52.3 Å². The lowest BCUT2D eigenvalue weighted by molar-refractivity contribution is -0.144.